The van der Waals surface area contributed by atoms with Crippen LogP contribution in [0.1, 0.15) is 23.0 Å². The highest BCUT2D eigenvalue weighted by Gasteiger charge is 2.19. The lowest BCUT2D eigenvalue weighted by Gasteiger charge is -2.21. The SMILES string of the molecule is CCN(Cc1ccccc1)C(=O)c1nc(NC)ccc1Cl. The van der Waals surface area contributed by atoms with Crippen LogP contribution in [0, 0.1) is 0 Å². The lowest BCUT2D eigenvalue weighted by Crippen LogP contribution is -2.31. The minimum atomic E-state index is -0.163. The molecule has 4 nitrogen and oxygen atoms in total. The van der Waals surface area contributed by atoms with Gasteiger partial charge >= 0.3 is 0 Å². The third-order valence-electron chi connectivity index (χ3n) is 3.19. The maximum atomic E-state index is 12.6. The van der Waals surface area contributed by atoms with E-state index in [9.17, 15) is 4.79 Å². The van der Waals surface area contributed by atoms with E-state index in [-0.39, 0.29) is 11.6 Å². The summed E-state index contributed by atoms with van der Waals surface area (Å²) in [4.78, 5) is 18.6. The van der Waals surface area contributed by atoms with Gasteiger partial charge in [0, 0.05) is 20.1 Å². The third kappa shape index (κ3) is 3.73. The number of hydrogen-bond acceptors (Lipinski definition) is 3. The number of carbonyl (C=O) groups is 1. The maximum Gasteiger partial charge on any atom is 0.274 e. The molecule has 2 aromatic rings. The average molecular weight is 304 g/mol. The number of rotatable bonds is 5. The molecular weight excluding hydrogens is 286 g/mol. The van der Waals surface area contributed by atoms with Crippen LogP contribution in [0.15, 0.2) is 42.5 Å². The van der Waals surface area contributed by atoms with Gasteiger partial charge in [0.2, 0.25) is 0 Å². The van der Waals surface area contributed by atoms with Crippen LogP contribution in [-0.4, -0.2) is 29.4 Å². The van der Waals surface area contributed by atoms with E-state index in [1.807, 2.05) is 37.3 Å². The first-order valence-corrected chi connectivity index (χ1v) is 7.21. The Balaban J connectivity index is 2.24. The molecule has 0 aliphatic heterocycles. The van der Waals surface area contributed by atoms with Gasteiger partial charge in [-0.2, -0.15) is 0 Å². The molecule has 0 spiro atoms. The van der Waals surface area contributed by atoms with E-state index < -0.39 is 0 Å². The first-order valence-electron chi connectivity index (χ1n) is 6.83. The molecule has 110 valence electrons. The van der Waals surface area contributed by atoms with Crippen molar-refractivity contribution in [2.24, 2.45) is 0 Å². The number of benzene rings is 1. The van der Waals surface area contributed by atoms with Crippen LogP contribution < -0.4 is 5.32 Å². The highest BCUT2D eigenvalue weighted by atomic mass is 35.5. The van der Waals surface area contributed by atoms with Gasteiger partial charge in [-0.15, -0.1) is 0 Å². The van der Waals surface area contributed by atoms with Gasteiger partial charge in [-0.1, -0.05) is 41.9 Å². The van der Waals surface area contributed by atoms with Crippen LogP contribution in [0.3, 0.4) is 0 Å². The molecule has 0 unspecified atom stereocenters. The Hall–Kier alpha value is -2.07. The van der Waals surface area contributed by atoms with E-state index in [1.165, 1.54) is 0 Å². The van der Waals surface area contributed by atoms with E-state index in [1.54, 1.807) is 24.1 Å². The molecule has 0 atom stereocenters. The topological polar surface area (TPSA) is 45.2 Å². The molecule has 0 bridgehead atoms. The Morgan fingerprint density at radius 2 is 1.95 bits per heavy atom. The number of anilines is 1. The number of pyridine rings is 1. The minimum Gasteiger partial charge on any atom is -0.373 e. The van der Waals surface area contributed by atoms with Crippen molar-refractivity contribution in [1.29, 1.82) is 0 Å². The summed E-state index contributed by atoms with van der Waals surface area (Å²) in [6.45, 7) is 3.07. The van der Waals surface area contributed by atoms with Crippen LogP contribution in [-0.2, 0) is 6.54 Å². The predicted octanol–water partition coefficient (Wildman–Crippen LogP) is 3.44. The van der Waals surface area contributed by atoms with Crippen molar-refractivity contribution in [1.82, 2.24) is 9.88 Å². The molecule has 5 heteroatoms. The van der Waals surface area contributed by atoms with Gasteiger partial charge in [0.05, 0.1) is 5.02 Å². The molecule has 0 aliphatic rings. The highest BCUT2D eigenvalue weighted by molar-refractivity contribution is 6.33. The number of amides is 1. The molecule has 1 aromatic carbocycles. The Labute approximate surface area is 129 Å². The van der Waals surface area contributed by atoms with Gasteiger partial charge in [-0.05, 0) is 24.6 Å². The lowest BCUT2D eigenvalue weighted by molar-refractivity contribution is 0.0747. The second kappa shape index (κ2) is 7.09. The Morgan fingerprint density at radius 1 is 1.24 bits per heavy atom. The predicted molar refractivity (Wildman–Crippen MR) is 85.7 cm³/mol. The fourth-order valence-corrected chi connectivity index (χ4v) is 2.20. The van der Waals surface area contributed by atoms with E-state index in [4.69, 9.17) is 11.6 Å². The van der Waals surface area contributed by atoms with E-state index in [0.29, 0.717) is 23.9 Å². The molecule has 0 saturated carbocycles. The molecule has 0 fully saturated rings. The third-order valence-corrected chi connectivity index (χ3v) is 3.49. The van der Waals surface area contributed by atoms with Crippen molar-refractivity contribution < 1.29 is 4.79 Å². The van der Waals surface area contributed by atoms with Crippen LogP contribution in [0.2, 0.25) is 5.02 Å². The quantitative estimate of drug-likeness (QED) is 0.920. The summed E-state index contributed by atoms with van der Waals surface area (Å²) in [7, 11) is 1.76. The maximum absolute atomic E-state index is 12.6. The Kier molecular flexibility index (Phi) is 5.17. The lowest BCUT2D eigenvalue weighted by atomic mass is 10.2. The van der Waals surface area contributed by atoms with Crippen molar-refractivity contribution in [3.05, 3.63) is 58.7 Å². The summed E-state index contributed by atoms with van der Waals surface area (Å²) in [5.74, 6) is 0.460. The average Bonchev–Trinajstić information content (AvgIpc) is 2.53. The van der Waals surface area contributed by atoms with Gasteiger partial charge in [0.1, 0.15) is 11.5 Å². The highest BCUT2D eigenvalue weighted by Crippen LogP contribution is 2.19. The van der Waals surface area contributed by atoms with Crippen molar-refractivity contribution in [2.75, 3.05) is 18.9 Å². The summed E-state index contributed by atoms with van der Waals surface area (Å²) < 4.78 is 0. The monoisotopic (exact) mass is 303 g/mol. The van der Waals surface area contributed by atoms with Crippen molar-refractivity contribution >= 4 is 23.3 Å². The van der Waals surface area contributed by atoms with Crippen LogP contribution in [0.4, 0.5) is 5.82 Å². The molecule has 1 amide bonds. The van der Waals surface area contributed by atoms with Crippen LogP contribution in [0.25, 0.3) is 0 Å². The molecular formula is C16H18ClN3O. The van der Waals surface area contributed by atoms with Gasteiger partial charge < -0.3 is 10.2 Å². The fraction of sp³-hybridized carbons (Fsp3) is 0.250. The Bertz CT molecular complexity index is 616. The van der Waals surface area contributed by atoms with Gasteiger partial charge in [0.15, 0.2) is 0 Å². The largest absolute Gasteiger partial charge is 0.373 e. The molecule has 0 radical (unpaired) electrons. The van der Waals surface area contributed by atoms with E-state index in [0.717, 1.165) is 5.56 Å². The van der Waals surface area contributed by atoms with Crippen molar-refractivity contribution in [3.8, 4) is 0 Å². The summed E-state index contributed by atoms with van der Waals surface area (Å²) in [5, 5.41) is 3.28. The van der Waals surface area contributed by atoms with Gasteiger partial charge in [0.25, 0.3) is 5.91 Å². The number of nitrogens with one attached hydrogen (secondary N) is 1. The molecule has 0 aliphatic carbocycles. The summed E-state index contributed by atoms with van der Waals surface area (Å²) >= 11 is 6.11. The standard InChI is InChI=1S/C16H18ClN3O/c1-3-20(11-12-7-5-4-6-8-12)16(21)15-13(17)9-10-14(18-2)19-15/h4-10H,3,11H2,1-2H3,(H,18,19). The van der Waals surface area contributed by atoms with Gasteiger partial charge in [-0.3, -0.25) is 4.79 Å². The summed E-state index contributed by atoms with van der Waals surface area (Å²) in [6.07, 6.45) is 0. The Morgan fingerprint density at radius 3 is 2.57 bits per heavy atom. The van der Waals surface area contributed by atoms with Crippen molar-refractivity contribution in [3.63, 3.8) is 0 Å². The zero-order valence-corrected chi connectivity index (χ0v) is 12.9. The zero-order valence-electron chi connectivity index (χ0n) is 12.1. The molecule has 1 aromatic heterocycles. The number of aromatic nitrogens is 1. The molecule has 0 saturated heterocycles. The van der Waals surface area contributed by atoms with E-state index in [2.05, 4.69) is 10.3 Å². The number of halogens is 1. The molecule has 1 heterocycles. The first kappa shape index (κ1) is 15.3. The molecule has 2 rings (SSSR count). The second-order valence-corrected chi connectivity index (χ2v) is 4.99. The van der Waals surface area contributed by atoms with Crippen LogP contribution >= 0.6 is 11.6 Å². The smallest absolute Gasteiger partial charge is 0.274 e. The molecule has 21 heavy (non-hydrogen) atoms. The summed E-state index contributed by atoms with van der Waals surface area (Å²) in [5.41, 5.74) is 1.36. The fourth-order valence-electron chi connectivity index (χ4n) is 2.01. The molecule has 1 N–H and O–H groups in total. The van der Waals surface area contributed by atoms with Crippen LogP contribution in [0.5, 0.6) is 0 Å². The van der Waals surface area contributed by atoms with Crippen molar-refractivity contribution in [2.45, 2.75) is 13.5 Å². The normalized spacial score (nSPS) is 10.2. The first-order chi connectivity index (χ1) is 10.2. The number of carbonyl (C=O) groups excluding carboxylic acids is 1. The van der Waals surface area contributed by atoms with Gasteiger partial charge in [-0.25, -0.2) is 4.98 Å². The number of nitrogens with zero attached hydrogens (tertiary/aromatic N) is 2. The zero-order chi connectivity index (χ0) is 15.2. The number of hydrogen-bond donors (Lipinski definition) is 1. The summed E-state index contributed by atoms with van der Waals surface area (Å²) in [6, 6.07) is 13.3. The second-order valence-electron chi connectivity index (χ2n) is 4.58. The minimum absolute atomic E-state index is 0.163. The van der Waals surface area contributed by atoms with E-state index >= 15 is 0 Å².